The lowest BCUT2D eigenvalue weighted by Gasteiger charge is -2.43. The van der Waals surface area contributed by atoms with Crippen LogP contribution in [0, 0.1) is 0 Å². The second kappa shape index (κ2) is 14.3. The van der Waals surface area contributed by atoms with E-state index in [9.17, 15) is 40.7 Å². The number of aliphatic imine (C=N–C) groups is 2. The lowest BCUT2D eigenvalue weighted by molar-refractivity contribution is -0.260. The minimum Gasteiger partial charge on any atom is -0.463 e. The lowest BCUT2D eigenvalue weighted by Crippen LogP contribution is -2.62. The third kappa shape index (κ3) is 9.52. The van der Waals surface area contributed by atoms with Crippen molar-refractivity contribution in [3.8, 4) is 0 Å². The molecule has 1 aliphatic rings. The Balaban J connectivity index is 2.18. The Labute approximate surface area is 246 Å². The van der Waals surface area contributed by atoms with Gasteiger partial charge in [0.2, 0.25) is 6.29 Å². The standard InChI is InChI=1S/C28H26F6N2O8/c1-15(37)40-14-21-23(41-16(2)38)24(42-17(3)39)22(35-13-18-9-7-8-12-20(18)27(29,30)31)25(43-21)44-26(28(32,33)34)36-19-10-5-4-6-11-19/h4-13,21-25H,14H2,1-3H3/t21-,22-,23-,24-,25?/m1/s1. The molecule has 5 atom stereocenters. The molecule has 1 saturated heterocycles. The largest absolute Gasteiger partial charge is 0.468 e. The molecule has 10 nitrogen and oxygen atoms in total. The fourth-order valence-corrected chi connectivity index (χ4v) is 4.06. The number of para-hydroxylation sites is 1. The molecule has 0 spiro atoms. The summed E-state index contributed by atoms with van der Waals surface area (Å²) in [6, 6.07) is 9.11. The van der Waals surface area contributed by atoms with Gasteiger partial charge in [0, 0.05) is 32.5 Å². The Morgan fingerprint density at radius 2 is 1.41 bits per heavy atom. The molecule has 44 heavy (non-hydrogen) atoms. The third-order valence-corrected chi connectivity index (χ3v) is 5.78. The summed E-state index contributed by atoms with van der Waals surface area (Å²) in [5, 5.41) is 0. The Hall–Kier alpha value is -4.47. The molecule has 0 bridgehead atoms. The van der Waals surface area contributed by atoms with Crippen molar-refractivity contribution in [2.45, 2.75) is 63.8 Å². The van der Waals surface area contributed by atoms with Crippen LogP contribution >= 0.6 is 0 Å². The Morgan fingerprint density at radius 3 is 1.98 bits per heavy atom. The van der Waals surface area contributed by atoms with Gasteiger partial charge in [0.1, 0.15) is 12.7 Å². The van der Waals surface area contributed by atoms with E-state index in [0.717, 1.165) is 39.0 Å². The quantitative estimate of drug-likeness (QED) is 0.132. The van der Waals surface area contributed by atoms with E-state index in [-0.39, 0.29) is 5.69 Å². The molecule has 3 rings (SSSR count). The van der Waals surface area contributed by atoms with Gasteiger partial charge in [-0.1, -0.05) is 36.4 Å². The number of esters is 3. The van der Waals surface area contributed by atoms with Crippen molar-refractivity contribution in [2.75, 3.05) is 6.61 Å². The minimum absolute atomic E-state index is 0.180. The minimum atomic E-state index is -5.23. The van der Waals surface area contributed by atoms with Gasteiger partial charge in [0.25, 0.3) is 5.90 Å². The van der Waals surface area contributed by atoms with E-state index in [2.05, 4.69) is 9.98 Å². The molecule has 0 radical (unpaired) electrons. The first-order valence-corrected chi connectivity index (χ1v) is 12.8. The van der Waals surface area contributed by atoms with Gasteiger partial charge in [-0.3, -0.25) is 19.4 Å². The van der Waals surface area contributed by atoms with Gasteiger partial charge in [-0.2, -0.15) is 26.3 Å². The third-order valence-electron chi connectivity index (χ3n) is 5.78. The van der Waals surface area contributed by atoms with Gasteiger partial charge in [-0.15, -0.1) is 0 Å². The molecule has 1 fully saturated rings. The van der Waals surface area contributed by atoms with E-state index >= 15 is 0 Å². The van der Waals surface area contributed by atoms with E-state index in [1.807, 2.05) is 0 Å². The summed E-state index contributed by atoms with van der Waals surface area (Å²) in [5.41, 5.74) is -1.81. The summed E-state index contributed by atoms with van der Waals surface area (Å²) in [4.78, 5) is 43.1. The maximum absolute atomic E-state index is 14.1. The second-order valence-corrected chi connectivity index (χ2v) is 9.22. The van der Waals surface area contributed by atoms with Crippen molar-refractivity contribution in [1.82, 2.24) is 0 Å². The van der Waals surface area contributed by atoms with Gasteiger partial charge >= 0.3 is 30.3 Å². The molecule has 0 aromatic heterocycles. The smallest absolute Gasteiger partial charge is 0.463 e. The molecule has 1 unspecified atom stereocenters. The maximum Gasteiger partial charge on any atom is 0.468 e. The summed E-state index contributed by atoms with van der Waals surface area (Å²) in [7, 11) is 0. The van der Waals surface area contributed by atoms with Crippen LogP contribution in [0.3, 0.4) is 0 Å². The summed E-state index contributed by atoms with van der Waals surface area (Å²) in [6.45, 7) is 2.19. The van der Waals surface area contributed by atoms with Gasteiger partial charge < -0.3 is 23.7 Å². The van der Waals surface area contributed by atoms with E-state index < -0.39 is 84.5 Å². The summed E-state index contributed by atoms with van der Waals surface area (Å²) in [6.07, 6.45) is -16.6. The van der Waals surface area contributed by atoms with E-state index in [4.69, 9.17) is 23.7 Å². The van der Waals surface area contributed by atoms with Gasteiger partial charge in [-0.25, -0.2) is 4.99 Å². The second-order valence-electron chi connectivity index (χ2n) is 9.22. The molecule has 2 aromatic carbocycles. The highest BCUT2D eigenvalue weighted by Gasteiger charge is 2.53. The predicted molar refractivity (Wildman–Crippen MR) is 140 cm³/mol. The number of benzene rings is 2. The van der Waals surface area contributed by atoms with E-state index in [1.165, 1.54) is 36.4 Å². The predicted octanol–water partition coefficient (Wildman–Crippen LogP) is 4.95. The van der Waals surface area contributed by atoms with Crippen LogP contribution in [0.2, 0.25) is 0 Å². The number of halogens is 6. The number of ether oxygens (including phenoxy) is 5. The van der Waals surface area contributed by atoms with Gasteiger partial charge in [-0.05, 0) is 18.2 Å². The van der Waals surface area contributed by atoms with Crippen molar-refractivity contribution < 1.29 is 64.4 Å². The fraction of sp³-hybridized carbons (Fsp3) is 0.393. The highest BCUT2D eigenvalue weighted by Crippen LogP contribution is 2.34. The molecular formula is C28H26F6N2O8. The average molecular weight is 633 g/mol. The normalized spacial score (nSPS) is 22.8. The van der Waals surface area contributed by atoms with Crippen molar-refractivity contribution in [3.63, 3.8) is 0 Å². The SMILES string of the molecule is CC(=O)OC[C@H]1OC(OC(=Nc2ccccc2)C(F)(F)F)[C@H](N=Cc2ccccc2C(F)(F)F)[C@@H](OC(C)=O)[C@@H]1OC(C)=O. The molecule has 0 aliphatic carbocycles. The van der Waals surface area contributed by atoms with Crippen LogP contribution < -0.4 is 0 Å². The van der Waals surface area contributed by atoms with Crippen LogP contribution in [0.15, 0.2) is 64.6 Å². The molecule has 238 valence electrons. The fourth-order valence-electron chi connectivity index (χ4n) is 4.06. The van der Waals surface area contributed by atoms with E-state index in [1.54, 1.807) is 0 Å². The van der Waals surface area contributed by atoms with E-state index in [0.29, 0.717) is 6.21 Å². The monoisotopic (exact) mass is 632 g/mol. The first kappa shape index (κ1) is 34.0. The number of alkyl halides is 6. The highest BCUT2D eigenvalue weighted by atomic mass is 19.4. The number of hydrogen-bond acceptors (Lipinski definition) is 10. The molecular weight excluding hydrogens is 606 g/mol. The molecule has 2 aromatic rings. The van der Waals surface area contributed by atoms with Crippen molar-refractivity contribution >= 4 is 35.7 Å². The van der Waals surface area contributed by atoms with Crippen LogP contribution in [0.1, 0.15) is 31.9 Å². The highest BCUT2D eigenvalue weighted by molar-refractivity contribution is 5.85. The van der Waals surface area contributed by atoms with Gasteiger partial charge in [0.15, 0.2) is 18.2 Å². The number of carbonyl (C=O) groups excluding carboxylic acids is 3. The number of carbonyl (C=O) groups is 3. The van der Waals surface area contributed by atoms with Crippen LogP contribution in [0.25, 0.3) is 0 Å². The summed E-state index contributed by atoms with van der Waals surface area (Å²) < 4.78 is 110. The van der Waals surface area contributed by atoms with Crippen molar-refractivity contribution in [3.05, 3.63) is 65.7 Å². The molecule has 1 heterocycles. The van der Waals surface area contributed by atoms with Crippen LogP contribution in [0.5, 0.6) is 0 Å². The zero-order valence-electron chi connectivity index (χ0n) is 23.3. The zero-order valence-corrected chi connectivity index (χ0v) is 23.3. The number of hydrogen-bond donors (Lipinski definition) is 0. The average Bonchev–Trinajstić information content (AvgIpc) is 2.91. The van der Waals surface area contributed by atoms with Crippen LogP contribution in [-0.4, -0.2) is 73.4 Å². The van der Waals surface area contributed by atoms with Gasteiger partial charge in [0.05, 0.1) is 11.3 Å². The summed E-state index contributed by atoms with van der Waals surface area (Å²) >= 11 is 0. The van der Waals surface area contributed by atoms with Crippen LogP contribution in [0.4, 0.5) is 32.0 Å². The van der Waals surface area contributed by atoms with Crippen molar-refractivity contribution in [2.24, 2.45) is 9.98 Å². The van der Waals surface area contributed by atoms with Crippen molar-refractivity contribution in [1.29, 1.82) is 0 Å². The number of rotatable bonds is 8. The molecule has 0 amide bonds. The Bertz CT molecular complexity index is 1380. The van der Waals surface area contributed by atoms with Crippen LogP contribution in [-0.2, 0) is 44.2 Å². The first-order valence-electron chi connectivity index (χ1n) is 12.8. The molecule has 0 N–H and O–H groups in total. The molecule has 16 heteroatoms. The number of nitrogens with zero attached hydrogens (tertiary/aromatic N) is 2. The lowest BCUT2D eigenvalue weighted by atomic mass is 9.96. The molecule has 0 saturated carbocycles. The molecule has 1 aliphatic heterocycles. The topological polar surface area (TPSA) is 122 Å². The Morgan fingerprint density at radius 1 is 0.818 bits per heavy atom. The zero-order chi connectivity index (χ0) is 32.7. The maximum atomic E-state index is 14.1. The Kier molecular flexibility index (Phi) is 11.1. The summed E-state index contributed by atoms with van der Waals surface area (Å²) in [5.74, 6) is -4.68. The first-order chi connectivity index (χ1) is 20.6.